The lowest BCUT2D eigenvalue weighted by Crippen LogP contribution is -2.18. The Morgan fingerprint density at radius 2 is 2.31 bits per heavy atom. The monoisotopic (exact) mass is 216 g/mol. The summed E-state index contributed by atoms with van der Waals surface area (Å²) in [7, 11) is 0. The van der Waals surface area contributed by atoms with E-state index in [1.807, 2.05) is 24.3 Å². The fraction of sp³-hybridized carbons (Fsp3) is 0.333. The molecule has 0 atom stereocenters. The summed E-state index contributed by atoms with van der Waals surface area (Å²) in [5.41, 5.74) is 1.96. The molecule has 1 N–H and O–H groups in total. The highest BCUT2D eigenvalue weighted by atomic mass is 16.5. The van der Waals surface area contributed by atoms with E-state index >= 15 is 0 Å². The molecular formula is C12H12N2O2. The van der Waals surface area contributed by atoms with Crippen LogP contribution in [0.25, 0.3) is 0 Å². The number of hydrogen-bond acceptors (Lipinski definition) is 3. The van der Waals surface area contributed by atoms with Gasteiger partial charge < -0.3 is 10.1 Å². The van der Waals surface area contributed by atoms with Crippen molar-refractivity contribution in [1.29, 1.82) is 5.26 Å². The number of amides is 1. The number of hydrogen-bond donors (Lipinski definition) is 1. The molecule has 4 heteroatoms. The SMILES string of the molecule is N#CCCOc1ccc2c(c1)CCC(=O)N2. The number of rotatable bonds is 3. The molecule has 1 aromatic rings. The molecule has 0 aromatic heterocycles. The zero-order valence-corrected chi connectivity index (χ0v) is 8.82. The number of ether oxygens (including phenoxy) is 1. The number of nitrogens with one attached hydrogen (secondary N) is 1. The van der Waals surface area contributed by atoms with Crippen molar-refractivity contribution in [2.24, 2.45) is 0 Å². The van der Waals surface area contributed by atoms with Crippen LogP contribution in [0.4, 0.5) is 5.69 Å². The van der Waals surface area contributed by atoms with Crippen LogP contribution in [0.5, 0.6) is 5.75 Å². The molecule has 2 rings (SSSR count). The molecule has 0 spiro atoms. The van der Waals surface area contributed by atoms with Gasteiger partial charge in [0.1, 0.15) is 12.4 Å². The first kappa shape index (κ1) is 10.5. The number of aryl methyl sites for hydroxylation is 1. The van der Waals surface area contributed by atoms with Crippen molar-refractivity contribution in [3.05, 3.63) is 23.8 Å². The van der Waals surface area contributed by atoms with E-state index in [0.717, 1.165) is 23.4 Å². The highest BCUT2D eigenvalue weighted by Gasteiger charge is 2.14. The highest BCUT2D eigenvalue weighted by molar-refractivity contribution is 5.93. The summed E-state index contributed by atoms with van der Waals surface area (Å²) in [5, 5.41) is 11.2. The number of benzene rings is 1. The van der Waals surface area contributed by atoms with Gasteiger partial charge in [0.15, 0.2) is 0 Å². The summed E-state index contributed by atoms with van der Waals surface area (Å²) >= 11 is 0. The first-order chi connectivity index (χ1) is 7.79. The van der Waals surface area contributed by atoms with Crippen molar-refractivity contribution < 1.29 is 9.53 Å². The molecule has 1 amide bonds. The Hall–Kier alpha value is -2.02. The van der Waals surface area contributed by atoms with Crippen LogP contribution in [0.3, 0.4) is 0 Å². The van der Waals surface area contributed by atoms with Gasteiger partial charge >= 0.3 is 0 Å². The van der Waals surface area contributed by atoms with Crippen molar-refractivity contribution in [3.63, 3.8) is 0 Å². The Balaban J connectivity index is 2.08. The normalized spacial score (nSPS) is 13.6. The Morgan fingerprint density at radius 1 is 1.44 bits per heavy atom. The summed E-state index contributed by atoms with van der Waals surface area (Å²) in [4.78, 5) is 11.1. The molecule has 1 heterocycles. The van der Waals surface area contributed by atoms with Gasteiger partial charge in [-0.1, -0.05) is 0 Å². The maximum Gasteiger partial charge on any atom is 0.224 e. The zero-order chi connectivity index (χ0) is 11.4. The smallest absolute Gasteiger partial charge is 0.224 e. The van der Waals surface area contributed by atoms with Gasteiger partial charge in [0.2, 0.25) is 5.91 Å². The van der Waals surface area contributed by atoms with Crippen LogP contribution in [-0.4, -0.2) is 12.5 Å². The average Bonchev–Trinajstić information content (AvgIpc) is 2.29. The van der Waals surface area contributed by atoms with Crippen molar-refractivity contribution in [2.75, 3.05) is 11.9 Å². The molecule has 1 aliphatic heterocycles. The molecule has 4 nitrogen and oxygen atoms in total. The average molecular weight is 216 g/mol. The minimum absolute atomic E-state index is 0.0608. The quantitative estimate of drug-likeness (QED) is 0.784. The van der Waals surface area contributed by atoms with Gasteiger partial charge in [0.05, 0.1) is 12.5 Å². The van der Waals surface area contributed by atoms with E-state index < -0.39 is 0 Å². The molecule has 1 aliphatic rings. The van der Waals surface area contributed by atoms with Crippen LogP contribution in [0, 0.1) is 11.3 Å². The Labute approximate surface area is 93.8 Å². The molecular weight excluding hydrogens is 204 g/mol. The first-order valence-electron chi connectivity index (χ1n) is 5.22. The molecule has 1 aromatic carbocycles. The lowest BCUT2D eigenvalue weighted by Gasteiger charge is -2.17. The van der Waals surface area contributed by atoms with Gasteiger partial charge in [-0.25, -0.2) is 0 Å². The van der Waals surface area contributed by atoms with E-state index in [-0.39, 0.29) is 5.91 Å². The van der Waals surface area contributed by atoms with Crippen molar-refractivity contribution in [3.8, 4) is 11.8 Å². The number of fused-ring (bicyclic) bond motifs is 1. The van der Waals surface area contributed by atoms with Crippen LogP contribution < -0.4 is 10.1 Å². The van der Waals surface area contributed by atoms with E-state index in [4.69, 9.17) is 10.00 Å². The van der Waals surface area contributed by atoms with Gasteiger partial charge in [-0.2, -0.15) is 5.26 Å². The Kier molecular flexibility index (Phi) is 3.06. The van der Waals surface area contributed by atoms with E-state index in [2.05, 4.69) is 5.32 Å². The second-order valence-electron chi connectivity index (χ2n) is 3.62. The fourth-order valence-corrected chi connectivity index (χ4v) is 1.66. The van der Waals surface area contributed by atoms with Crippen molar-refractivity contribution in [1.82, 2.24) is 0 Å². The van der Waals surface area contributed by atoms with Crippen LogP contribution in [-0.2, 0) is 11.2 Å². The van der Waals surface area contributed by atoms with Gasteiger partial charge in [-0.15, -0.1) is 0 Å². The summed E-state index contributed by atoms with van der Waals surface area (Å²) in [6.07, 6.45) is 1.65. The molecule has 0 saturated carbocycles. The topological polar surface area (TPSA) is 62.1 Å². The second kappa shape index (κ2) is 4.67. The summed E-state index contributed by atoms with van der Waals surface area (Å²) in [6, 6.07) is 7.60. The molecule has 0 radical (unpaired) electrons. The summed E-state index contributed by atoms with van der Waals surface area (Å²) in [6.45, 7) is 0.404. The van der Waals surface area contributed by atoms with Crippen LogP contribution >= 0.6 is 0 Å². The first-order valence-corrected chi connectivity index (χ1v) is 5.22. The summed E-state index contributed by atoms with van der Waals surface area (Å²) < 4.78 is 5.40. The fourth-order valence-electron chi connectivity index (χ4n) is 1.66. The van der Waals surface area contributed by atoms with E-state index in [9.17, 15) is 4.79 Å². The molecule has 0 saturated heterocycles. The van der Waals surface area contributed by atoms with Crippen LogP contribution in [0.2, 0.25) is 0 Å². The minimum Gasteiger partial charge on any atom is -0.493 e. The third kappa shape index (κ3) is 2.31. The second-order valence-corrected chi connectivity index (χ2v) is 3.62. The minimum atomic E-state index is 0.0608. The number of carbonyl (C=O) groups excluding carboxylic acids is 1. The molecule has 16 heavy (non-hydrogen) atoms. The van der Waals surface area contributed by atoms with Crippen LogP contribution in [0.15, 0.2) is 18.2 Å². The third-order valence-electron chi connectivity index (χ3n) is 2.45. The predicted octanol–water partition coefficient (Wildman–Crippen LogP) is 1.86. The maximum absolute atomic E-state index is 11.1. The predicted molar refractivity (Wildman–Crippen MR) is 59.1 cm³/mol. The summed E-state index contributed by atoms with van der Waals surface area (Å²) in [5.74, 6) is 0.816. The van der Waals surface area contributed by atoms with Gasteiger partial charge in [0, 0.05) is 12.1 Å². The highest BCUT2D eigenvalue weighted by Crippen LogP contribution is 2.26. The number of carbonyl (C=O) groups is 1. The Bertz CT molecular complexity index is 449. The van der Waals surface area contributed by atoms with E-state index in [1.54, 1.807) is 0 Å². The van der Waals surface area contributed by atoms with Gasteiger partial charge in [0.25, 0.3) is 0 Å². The molecule has 0 fully saturated rings. The van der Waals surface area contributed by atoms with Gasteiger partial charge in [-0.05, 0) is 30.2 Å². The zero-order valence-electron chi connectivity index (χ0n) is 8.82. The lowest BCUT2D eigenvalue weighted by atomic mass is 10.0. The molecule has 0 bridgehead atoms. The number of nitriles is 1. The van der Waals surface area contributed by atoms with Crippen molar-refractivity contribution in [2.45, 2.75) is 19.3 Å². The van der Waals surface area contributed by atoms with Crippen LogP contribution in [0.1, 0.15) is 18.4 Å². The molecule has 82 valence electrons. The molecule has 0 aliphatic carbocycles. The largest absolute Gasteiger partial charge is 0.493 e. The Morgan fingerprint density at radius 3 is 3.12 bits per heavy atom. The van der Waals surface area contributed by atoms with E-state index in [1.165, 1.54) is 0 Å². The number of anilines is 1. The standard InChI is InChI=1S/C12H12N2O2/c13-6-1-7-16-10-3-4-11-9(8-10)2-5-12(15)14-11/h3-4,8H,1-2,5,7H2,(H,14,15). The number of nitrogens with zero attached hydrogens (tertiary/aromatic N) is 1. The molecule has 0 unspecified atom stereocenters. The van der Waals surface area contributed by atoms with Crippen molar-refractivity contribution >= 4 is 11.6 Å². The maximum atomic E-state index is 11.1. The van der Waals surface area contributed by atoms with Gasteiger partial charge in [-0.3, -0.25) is 4.79 Å². The lowest BCUT2D eigenvalue weighted by molar-refractivity contribution is -0.116. The van der Waals surface area contributed by atoms with E-state index in [0.29, 0.717) is 19.4 Å². The third-order valence-corrected chi connectivity index (χ3v) is 2.45.